The maximum atomic E-state index is 13.0. The highest BCUT2D eigenvalue weighted by atomic mass is 32.2. The number of phenols is 1. The van der Waals surface area contributed by atoms with Crippen molar-refractivity contribution in [1.82, 2.24) is 5.32 Å². The third kappa shape index (κ3) is 3.33. The lowest BCUT2D eigenvalue weighted by molar-refractivity contribution is 0.395. The maximum Gasteiger partial charge on any atom is 0.187 e. The van der Waals surface area contributed by atoms with Crippen molar-refractivity contribution in [2.75, 3.05) is 12.3 Å². The molecular formula is C12H15F2NOS. The number of benzene rings is 1. The topological polar surface area (TPSA) is 32.3 Å². The predicted octanol–water partition coefficient (Wildman–Crippen LogP) is 2.66. The minimum Gasteiger partial charge on any atom is -0.503 e. The summed E-state index contributed by atoms with van der Waals surface area (Å²) < 4.78 is 26.1. The minimum atomic E-state index is -0.906. The van der Waals surface area contributed by atoms with Crippen molar-refractivity contribution in [3.63, 3.8) is 0 Å². The van der Waals surface area contributed by atoms with E-state index in [0.717, 1.165) is 18.7 Å². The number of halogens is 2. The van der Waals surface area contributed by atoms with Gasteiger partial charge in [-0.1, -0.05) is 0 Å². The van der Waals surface area contributed by atoms with Crippen LogP contribution < -0.4 is 5.32 Å². The summed E-state index contributed by atoms with van der Waals surface area (Å²) in [5.41, 5.74) is 0.515. The van der Waals surface area contributed by atoms with Gasteiger partial charge in [0.1, 0.15) is 0 Å². The van der Waals surface area contributed by atoms with Crippen LogP contribution in [0.3, 0.4) is 0 Å². The highest BCUT2D eigenvalue weighted by Gasteiger charge is 2.15. The zero-order valence-electron chi connectivity index (χ0n) is 9.38. The van der Waals surface area contributed by atoms with E-state index in [9.17, 15) is 8.78 Å². The molecule has 0 aliphatic carbocycles. The average Bonchev–Trinajstić information content (AvgIpc) is 2.79. The monoisotopic (exact) mass is 259 g/mol. The van der Waals surface area contributed by atoms with Crippen molar-refractivity contribution in [3.8, 4) is 5.75 Å². The number of thioether (sulfide) groups is 1. The summed E-state index contributed by atoms with van der Waals surface area (Å²) in [6.45, 7) is 1.28. The van der Waals surface area contributed by atoms with E-state index in [1.54, 1.807) is 0 Å². The quantitative estimate of drug-likeness (QED) is 0.872. The van der Waals surface area contributed by atoms with Gasteiger partial charge in [-0.15, -0.1) is 0 Å². The summed E-state index contributed by atoms with van der Waals surface area (Å²) in [6.07, 6.45) is 2.45. The fourth-order valence-corrected chi connectivity index (χ4v) is 3.14. The molecule has 1 unspecified atom stereocenters. The van der Waals surface area contributed by atoms with Crippen LogP contribution in [0.5, 0.6) is 5.75 Å². The SMILES string of the molecule is Oc1c(F)cc(CNCC2CCCS2)cc1F. The van der Waals surface area contributed by atoms with E-state index in [1.807, 2.05) is 11.8 Å². The number of phenolic OH excluding ortho intramolecular Hbond substituents is 1. The van der Waals surface area contributed by atoms with Crippen molar-refractivity contribution in [1.29, 1.82) is 0 Å². The van der Waals surface area contributed by atoms with Gasteiger partial charge in [-0.05, 0) is 36.3 Å². The molecule has 2 rings (SSSR count). The Morgan fingerprint density at radius 2 is 2.06 bits per heavy atom. The first-order valence-electron chi connectivity index (χ1n) is 5.66. The molecule has 0 radical (unpaired) electrons. The molecule has 0 spiro atoms. The second kappa shape index (κ2) is 5.69. The molecule has 0 aromatic heterocycles. The molecule has 0 saturated carbocycles. The Labute approximate surface area is 103 Å². The largest absolute Gasteiger partial charge is 0.503 e. The number of nitrogens with one attached hydrogen (secondary N) is 1. The van der Waals surface area contributed by atoms with Crippen LogP contribution in [0.25, 0.3) is 0 Å². The lowest BCUT2D eigenvalue weighted by Gasteiger charge is -2.10. The van der Waals surface area contributed by atoms with Crippen molar-refractivity contribution in [3.05, 3.63) is 29.3 Å². The molecule has 1 saturated heterocycles. The van der Waals surface area contributed by atoms with Gasteiger partial charge >= 0.3 is 0 Å². The van der Waals surface area contributed by atoms with E-state index in [2.05, 4.69) is 5.32 Å². The van der Waals surface area contributed by atoms with Crippen LogP contribution in [0.4, 0.5) is 8.78 Å². The molecule has 1 atom stereocenters. The minimum absolute atomic E-state index is 0.422. The van der Waals surface area contributed by atoms with Gasteiger partial charge in [-0.3, -0.25) is 0 Å². The molecule has 17 heavy (non-hydrogen) atoms. The Balaban J connectivity index is 1.86. The van der Waals surface area contributed by atoms with Crippen LogP contribution in [-0.4, -0.2) is 22.7 Å². The number of hydrogen-bond donors (Lipinski definition) is 2. The van der Waals surface area contributed by atoms with Crippen LogP contribution in [0.2, 0.25) is 0 Å². The zero-order chi connectivity index (χ0) is 12.3. The molecule has 1 aliphatic rings. The first-order valence-corrected chi connectivity index (χ1v) is 6.71. The Bertz CT molecular complexity index is 371. The van der Waals surface area contributed by atoms with Crippen LogP contribution in [0.15, 0.2) is 12.1 Å². The Morgan fingerprint density at radius 3 is 2.65 bits per heavy atom. The molecule has 5 heteroatoms. The molecular weight excluding hydrogens is 244 g/mol. The Morgan fingerprint density at radius 1 is 1.35 bits per heavy atom. The highest BCUT2D eigenvalue weighted by molar-refractivity contribution is 8.00. The first kappa shape index (κ1) is 12.6. The number of aromatic hydroxyl groups is 1. The first-order chi connectivity index (χ1) is 8.16. The molecule has 1 aromatic rings. The van der Waals surface area contributed by atoms with Crippen molar-refractivity contribution in [2.45, 2.75) is 24.6 Å². The van der Waals surface area contributed by atoms with Crippen LogP contribution in [0.1, 0.15) is 18.4 Å². The van der Waals surface area contributed by atoms with Crippen molar-refractivity contribution in [2.24, 2.45) is 0 Å². The van der Waals surface area contributed by atoms with Crippen molar-refractivity contribution >= 4 is 11.8 Å². The van der Waals surface area contributed by atoms with Gasteiger partial charge in [0.2, 0.25) is 0 Å². The molecule has 0 bridgehead atoms. The second-order valence-electron chi connectivity index (χ2n) is 4.17. The molecule has 0 amide bonds. The normalized spacial score (nSPS) is 19.8. The highest BCUT2D eigenvalue weighted by Crippen LogP contribution is 2.25. The molecule has 2 N–H and O–H groups in total. The van der Waals surface area contributed by atoms with E-state index in [0.29, 0.717) is 17.4 Å². The summed E-state index contributed by atoms with van der Waals surface area (Å²) in [6, 6.07) is 2.32. The number of hydrogen-bond acceptors (Lipinski definition) is 3. The van der Waals surface area contributed by atoms with E-state index in [1.165, 1.54) is 18.6 Å². The van der Waals surface area contributed by atoms with E-state index >= 15 is 0 Å². The number of rotatable bonds is 4. The third-order valence-electron chi connectivity index (χ3n) is 2.80. The van der Waals surface area contributed by atoms with Crippen molar-refractivity contribution < 1.29 is 13.9 Å². The third-order valence-corrected chi connectivity index (χ3v) is 4.20. The second-order valence-corrected chi connectivity index (χ2v) is 5.58. The van der Waals surface area contributed by atoms with Gasteiger partial charge < -0.3 is 10.4 Å². The fraction of sp³-hybridized carbons (Fsp3) is 0.500. The summed E-state index contributed by atoms with van der Waals surface area (Å²) in [5.74, 6) is -1.51. The summed E-state index contributed by atoms with van der Waals surface area (Å²) in [5, 5.41) is 12.7. The smallest absolute Gasteiger partial charge is 0.187 e. The van der Waals surface area contributed by atoms with Gasteiger partial charge in [-0.2, -0.15) is 11.8 Å². The lowest BCUT2D eigenvalue weighted by Crippen LogP contribution is -2.22. The molecule has 1 aromatic carbocycles. The van der Waals surface area contributed by atoms with Gasteiger partial charge in [0.05, 0.1) is 0 Å². The van der Waals surface area contributed by atoms with Crippen LogP contribution >= 0.6 is 11.8 Å². The standard InChI is InChI=1S/C12H15F2NOS/c13-10-4-8(5-11(14)12(10)16)6-15-7-9-2-1-3-17-9/h4-5,9,15-16H,1-3,6-7H2. The molecule has 1 fully saturated rings. The van der Waals surface area contributed by atoms with Crippen LogP contribution in [-0.2, 0) is 6.54 Å². The van der Waals surface area contributed by atoms with E-state index < -0.39 is 17.4 Å². The predicted molar refractivity (Wildman–Crippen MR) is 65.2 cm³/mol. The summed E-state index contributed by atoms with van der Waals surface area (Å²) >= 11 is 1.94. The van der Waals surface area contributed by atoms with Gasteiger partial charge in [0, 0.05) is 18.3 Å². The molecule has 94 valence electrons. The zero-order valence-corrected chi connectivity index (χ0v) is 10.2. The van der Waals surface area contributed by atoms with Crippen LogP contribution in [0, 0.1) is 11.6 Å². The average molecular weight is 259 g/mol. The Hall–Kier alpha value is -0.810. The molecule has 2 nitrogen and oxygen atoms in total. The van der Waals surface area contributed by atoms with Gasteiger partial charge in [-0.25, -0.2) is 8.78 Å². The van der Waals surface area contributed by atoms with E-state index in [4.69, 9.17) is 5.11 Å². The van der Waals surface area contributed by atoms with Gasteiger partial charge in [0.25, 0.3) is 0 Å². The lowest BCUT2D eigenvalue weighted by atomic mass is 10.2. The fourth-order valence-electron chi connectivity index (χ4n) is 1.90. The summed E-state index contributed by atoms with van der Waals surface area (Å²) in [7, 11) is 0. The van der Waals surface area contributed by atoms with E-state index in [-0.39, 0.29) is 0 Å². The molecule has 1 heterocycles. The summed E-state index contributed by atoms with van der Waals surface area (Å²) in [4.78, 5) is 0. The maximum absolute atomic E-state index is 13.0. The molecule has 1 aliphatic heterocycles. The van der Waals surface area contributed by atoms with Gasteiger partial charge in [0.15, 0.2) is 17.4 Å². The Kier molecular flexibility index (Phi) is 4.23.